The second-order valence-electron chi connectivity index (χ2n) is 12.2. The summed E-state index contributed by atoms with van der Waals surface area (Å²) in [4.78, 5) is 0. The maximum absolute atomic E-state index is 6.49. The van der Waals surface area contributed by atoms with Gasteiger partial charge in [-0.3, -0.25) is 0 Å². The van der Waals surface area contributed by atoms with Crippen LogP contribution in [0.2, 0.25) is 0 Å². The lowest BCUT2D eigenvalue weighted by Gasteiger charge is -2.26. The van der Waals surface area contributed by atoms with Crippen LogP contribution in [0.1, 0.15) is 158 Å². The molecule has 0 aromatic carbocycles. The highest BCUT2D eigenvalue weighted by atomic mass is 33.9. The molecule has 0 radical (unpaired) electrons. The molecule has 0 fully saturated rings. The smallest absolute Gasteiger partial charge is 0.258 e. The van der Waals surface area contributed by atoms with Gasteiger partial charge in [-0.25, -0.2) is 0 Å². The highest BCUT2D eigenvalue weighted by Gasteiger charge is 2.27. The number of rotatable bonds is 35. The molecule has 14 heteroatoms. The molecule has 46 heavy (non-hydrogen) atoms. The lowest BCUT2D eigenvalue weighted by molar-refractivity contribution is 0.188. The SMILES string of the molecule is CCCCC(CC)COP(=S)(OCC(CC)CCCC)SSSSSSP(=S)(OCC(CC)CCCC)OCC(CC)CCCC. The van der Waals surface area contributed by atoms with Gasteiger partial charge in [0.05, 0.1) is 26.4 Å². The predicted octanol–water partition coefficient (Wildman–Crippen LogP) is 16.3. The number of unbranched alkanes of at least 4 members (excludes halogenated alkanes) is 4. The van der Waals surface area contributed by atoms with Crippen molar-refractivity contribution in [3.8, 4) is 0 Å². The number of hydrogen-bond acceptors (Lipinski definition) is 12. The Balaban J connectivity index is 5.19. The summed E-state index contributed by atoms with van der Waals surface area (Å²) in [7, 11) is 10.0. The van der Waals surface area contributed by atoms with E-state index in [4.69, 9.17) is 41.7 Å². The van der Waals surface area contributed by atoms with Gasteiger partial charge in [-0.1, -0.05) is 132 Å². The predicted molar refractivity (Wildman–Crippen MR) is 231 cm³/mol. The van der Waals surface area contributed by atoms with E-state index in [0.29, 0.717) is 50.1 Å². The quantitative estimate of drug-likeness (QED) is 0.0347. The molecule has 0 aliphatic carbocycles. The Morgan fingerprint density at radius 3 is 0.848 bits per heavy atom. The van der Waals surface area contributed by atoms with Crippen LogP contribution in [0.15, 0.2) is 0 Å². The maximum Gasteiger partial charge on any atom is 0.258 e. The molecule has 0 aromatic rings. The second kappa shape index (κ2) is 32.9. The molecule has 0 bridgehead atoms. The summed E-state index contributed by atoms with van der Waals surface area (Å²) in [5.41, 5.74) is -4.94. The van der Waals surface area contributed by atoms with Gasteiger partial charge in [0.1, 0.15) is 0 Å². The van der Waals surface area contributed by atoms with Gasteiger partial charge in [0, 0.05) is 20.8 Å². The van der Waals surface area contributed by atoms with Crippen molar-refractivity contribution in [2.24, 2.45) is 23.7 Å². The van der Waals surface area contributed by atoms with Gasteiger partial charge >= 0.3 is 0 Å². The zero-order valence-electron chi connectivity index (χ0n) is 30.2. The van der Waals surface area contributed by atoms with E-state index in [1.165, 1.54) is 77.0 Å². The minimum absolute atomic E-state index is 0.542. The van der Waals surface area contributed by atoms with Crippen molar-refractivity contribution in [3.05, 3.63) is 0 Å². The average molecular weight is 835 g/mol. The van der Waals surface area contributed by atoms with Crippen molar-refractivity contribution in [2.75, 3.05) is 26.4 Å². The van der Waals surface area contributed by atoms with Crippen molar-refractivity contribution in [1.29, 1.82) is 0 Å². The van der Waals surface area contributed by atoms with Gasteiger partial charge in [0.15, 0.2) is 0 Å². The minimum Gasteiger partial charge on any atom is -0.321 e. The zero-order valence-corrected chi connectivity index (χ0v) is 38.6. The molecule has 0 saturated carbocycles. The molecule has 4 unspecified atom stereocenters. The molecular formula is C32H68O4P2S8. The Hall–Kier alpha value is 3.24. The molecule has 0 heterocycles. The van der Waals surface area contributed by atoms with Crippen LogP contribution in [0.25, 0.3) is 0 Å². The first kappa shape index (κ1) is 49.2. The molecule has 0 saturated heterocycles. The minimum atomic E-state index is -2.47. The van der Waals surface area contributed by atoms with Crippen LogP contribution >= 0.6 is 71.5 Å². The summed E-state index contributed by atoms with van der Waals surface area (Å²) in [6.45, 7) is 20.8. The van der Waals surface area contributed by atoms with Crippen LogP contribution < -0.4 is 0 Å². The Labute approximate surface area is 318 Å². The summed E-state index contributed by atoms with van der Waals surface area (Å²) in [5.74, 6) is 2.17. The standard InChI is InChI=1S/C32H68O4P2S8/c1-9-17-21-29(13-5)25-33-37(39,34-26-30(14-6)22-18-10-2)41-43-45-46-44-42-38(40,35-27-31(15-7)23-19-11-3)36-28-32(16-8)24-20-12-4/h29-32H,9-28H2,1-8H3. The fourth-order valence-corrected chi connectivity index (χ4v) is 31.6. The Morgan fingerprint density at radius 1 is 0.413 bits per heavy atom. The lowest BCUT2D eigenvalue weighted by atomic mass is 10.0. The largest absolute Gasteiger partial charge is 0.321 e. The summed E-state index contributed by atoms with van der Waals surface area (Å²) in [5, 5.41) is 0. The zero-order chi connectivity index (χ0) is 34.5. The molecule has 0 amide bonds. The summed E-state index contributed by atoms with van der Waals surface area (Å²) in [6, 6.07) is 0. The van der Waals surface area contributed by atoms with Crippen molar-refractivity contribution in [3.63, 3.8) is 0 Å². The van der Waals surface area contributed by atoms with Crippen LogP contribution in [-0.2, 0) is 41.7 Å². The van der Waals surface area contributed by atoms with Gasteiger partial charge in [0.25, 0.3) is 11.4 Å². The van der Waals surface area contributed by atoms with Crippen molar-refractivity contribution < 1.29 is 18.1 Å². The first-order valence-corrected chi connectivity index (χ1v) is 32.0. The van der Waals surface area contributed by atoms with E-state index in [2.05, 4.69) is 55.4 Å². The molecule has 0 aromatic heterocycles. The fourth-order valence-electron chi connectivity index (χ4n) is 4.66. The van der Waals surface area contributed by atoms with E-state index < -0.39 is 11.4 Å². The van der Waals surface area contributed by atoms with E-state index in [1.54, 1.807) is 60.1 Å². The molecule has 0 N–H and O–H groups in total. The van der Waals surface area contributed by atoms with E-state index in [1.807, 2.05) is 0 Å². The fraction of sp³-hybridized carbons (Fsp3) is 1.00. The Morgan fingerprint density at radius 2 is 0.652 bits per heavy atom. The maximum atomic E-state index is 6.49. The Bertz CT molecular complexity index is 676. The lowest BCUT2D eigenvalue weighted by Crippen LogP contribution is -2.11. The third-order valence-electron chi connectivity index (χ3n) is 8.37. The van der Waals surface area contributed by atoms with Crippen LogP contribution in [0.4, 0.5) is 0 Å². The molecule has 278 valence electrons. The van der Waals surface area contributed by atoms with E-state index in [9.17, 15) is 0 Å². The third-order valence-corrected chi connectivity index (χ3v) is 32.3. The van der Waals surface area contributed by atoms with Crippen molar-refractivity contribution in [1.82, 2.24) is 0 Å². The topological polar surface area (TPSA) is 36.9 Å². The molecule has 0 rings (SSSR count). The molecule has 4 nitrogen and oxygen atoms in total. The van der Waals surface area contributed by atoms with Crippen molar-refractivity contribution >= 4 is 95.1 Å². The summed E-state index contributed by atoms with van der Waals surface area (Å²) in [6.07, 6.45) is 19.0. The summed E-state index contributed by atoms with van der Waals surface area (Å²) >= 11 is 12.2. The van der Waals surface area contributed by atoms with Gasteiger partial charge in [-0.05, 0) is 112 Å². The molecule has 4 atom stereocenters. The van der Waals surface area contributed by atoms with Gasteiger partial charge in [-0.2, -0.15) is 0 Å². The number of hydrogen-bond donors (Lipinski definition) is 0. The van der Waals surface area contributed by atoms with E-state index >= 15 is 0 Å². The molecule has 0 aliphatic heterocycles. The monoisotopic (exact) mass is 834 g/mol. The Kier molecular flexibility index (Phi) is 35.2. The van der Waals surface area contributed by atoms with Crippen LogP contribution in [-0.4, -0.2) is 26.4 Å². The first-order valence-electron chi connectivity index (χ1n) is 18.0. The highest BCUT2D eigenvalue weighted by Crippen LogP contribution is 2.74. The van der Waals surface area contributed by atoms with Gasteiger partial charge in [0.2, 0.25) is 0 Å². The molecule has 0 aliphatic rings. The van der Waals surface area contributed by atoms with E-state index in [0.717, 1.165) is 25.7 Å². The third kappa shape index (κ3) is 26.1. The van der Waals surface area contributed by atoms with Gasteiger partial charge < -0.3 is 18.1 Å². The van der Waals surface area contributed by atoms with Crippen LogP contribution in [0.3, 0.4) is 0 Å². The average Bonchev–Trinajstić information content (AvgIpc) is 3.07. The first-order chi connectivity index (χ1) is 22.2. The summed E-state index contributed by atoms with van der Waals surface area (Å²) < 4.78 is 25.9. The van der Waals surface area contributed by atoms with Crippen molar-refractivity contribution in [2.45, 2.75) is 158 Å². The van der Waals surface area contributed by atoms with Crippen LogP contribution in [0, 0.1) is 23.7 Å². The van der Waals surface area contributed by atoms with Crippen LogP contribution in [0.5, 0.6) is 0 Å². The molecule has 0 spiro atoms. The van der Waals surface area contributed by atoms with Gasteiger partial charge in [-0.15, -0.1) is 0 Å². The normalized spacial score (nSPS) is 17.3. The second-order valence-corrected chi connectivity index (χ2v) is 33.1. The molecular weight excluding hydrogens is 767 g/mol. The highest BCUT2D eigenvalue weighted by molar-refractivity contribution is 9.47. The van der Waals surface area contributed by atoms with E-state index in [-0.39, 0.29) is 0 Å².